The summed E-state index contributed by atoms with van der Waals surface area (Å²) in [5.74, 6) is -0.764. The third-order valence-electron chi connectivity index (χ3n) is 5.27. The summed E-state index contributed by atoms with van der Waals surface area (Å²) < 4.78 is 36.3. The molecule has 0 aromatic rings. The van der Waals surface area contributed by atoms with E-state index in [9.17, 15) is 24.0 Å². The van der Waals surface area contributed by atoms with Crippen LogP contribution in [0.15, 0.2) is 0 Å². The van der Waals surface area contributed by atoms with E-state index in [0.29, 0.717) is 24.0 Å². The number of thiocarbonyl (C=S) groups is 1. The van der Waals surface area contributed by atoms with Crippen LogP contribution in [0.3, 0.4) is 0 Å². The number of nitrogens with zero attached hydrogens (tertiary/aromatic N) is 2. The molecule has 1 heterocycles. The molecule has 0 spiro atoms. The van der Waals surface area contributed by atoms with Crippen LogP contribution >= 0.6 is 24.0 Å². The third-order valence-corrected chi connectivity index (χ3v) is 6.70. The maximum Gasteiger partial charge on any atom is 0.406 e. The number of ether oxygens (including phenoxy) is 7. The molecule has 43 heavy (non-hydrogen) atoms. The highest BCUT2D eigenvalue weighted by Crippen LogP contribution is 2.18. The Labute approximate surface area is 260 Å². The second-order valence-electron chi connectivity index (χ2n) is 8.61. The van der Waals surface area contributed by atoms with E-state index in [1.165, 1.54) is 30.7 Å². The SMILES string of the molecule is COC(=O)NCCOCCOCC(=O)OCCN(CCOC(=O)COCCOCCNC(C)=O)CC(=O)N1CCSC1=S. The Morgan fingerprint density at radius 2 is 1.35 bits per heavy atom. The van der Waals surface area contributed by atoms with Gasteiger partial charge in [0.2, 0.25) is 11.8 Å². The molecule has 1 fully saturated rings. The Kier molecular flexibility index (Phi) is 22.1. The second-order valence-corrected chi connectivity index (χ2v) is 10.3. The van der Waals surface area contributed by atoms with Crippen molar-refractivity contribution in [2.24, 2.45) is 0 Å². The normalized spacial score (nSPS) is 12.7. The molecular formula is C25H42N4O12S2. The van der Waals surface area contributed by atoms with Crippen molar-refractivity contribution in [3.63, 3.8) is 0 Å². The van der Waals surface area contributed by atoms with Gasteiger partial charge in [0.15, 0.2) is 0 Å². The highest BCUT2D eigenvalue weighted by atomic mass is 32.2. The molecule has 1 rings (SSSR count). The van der Waals surface area contributed by atoms with Crippen molar-refractivity contribution in [1.29, 1.82) is 0 Å². The van der Waals surface area contributed by atoms with Gasteiger partial charge in [-0.3, -0.25) is 19.4 Å². The van der Waals surface area contributed by atoms with E-state index in [0.717, 1.165) is 5.75 Å². The van der Waals surface area contributed by atoms with Crippen molar-refractivity contribution >= 4 is 58.1 Å². The van der Waals surface area contributed by atoms with Crippen LogP contribution < -0.4 is 10.6 Å². The number of esters is 2. The van der Waals surface area contributed by atoms with Crippen molar-refractivity contribution in [3.05, 3.63) is 0 Å². The van der Waals surface area contributed by atoms with Gasteiger partial charge in [-0.15, -0.1) is 0 Å². The minimum absolute atomic E-state index is 0.000793. The fraction of sp³-hybridized carbons (Fsp3) is 0.760. The highest BCUT2D eigenvalue weighted by Gasteiger charge is 2.25. The standard InChI is InChI=1S/C25H42N4O12S2/c1-20(30)26-3-8-36-12-14-38-18-22(32)40-10-5-28(17-21(31)29-7-16-43-25(29)42)6-11-41-23(33)19-39-15-13-37-9-4-27-24(34)35-2/h3-19H2,1-2H3,(H,26,30)(H,27,34). The minimum atomic E-state index is -0.585. The molecule has 0 bridgehead atoms. The Morgan fingerprint density at radius 1 is 0.814 bits per heavy atom. The van der Waals surface area contributed by atoms with Crippen LogP contribution in [-0.2, 0) is 52.3 Å². The fourth-order valence-electron chi connectivity index (χ4n) is 3.17. The zero-order valence-electron chi connectivity index (χ0n) is 24.6. The molecule has 2 N–H and O–H groups in total. The monoisotopic (exact) mass is 654 g/mol. The predicted molar refractivity (Wildman–Crippen MR) is 157 cm³/mol. The van der Waals surface area contributed by atoms with Crippen molar-refractivity contribution < 1.29 is 57.1 Å². The lowest BCUT2D eigenvalue weighted by Crippen LogP contribution is -2.43. The first-order valence-electron chi connectivity index (χ1n) is 13.6. The summed E-state index contributed by atoms with van der Waals surface area (Å²) in [7, 11) is 1.26. The van der Waals surface area contributed by atoms with Crippen LogP contribution in [0, 0.1) is 0 Å². The average molecular weight is 655 g/mol. The molecule has 0 aromatic heterocycles. The number of methoxy groups -OCH3 is 1. The van der Waals surface area contributed by atoms with Gasteiger partial charge >= 0.3 is 18.0 Å². The summed E-state index contributed by atoms with van der Waals surface area (Å²) >= 11 is 6.66. The lowest BCUT2D eigenvalue weighted by atomic mass is 10.4. The molecule has 0 unspecified atom stereocenters. The maximum atomic E-state index is 12.7. The smallest absolute Gasteiger partial charge is 0.406 e. The first-order valence-corrected chi connectivity index (χ1v) is 15.0. The van der Waals surface area contributed by atoms with E-state index in [2.05, 4.69) is 15.4 Å². The summed E-state index contributed by atoms with van der Waals surface area (Å²) in [5, 5.41) is 5.06. The van der Waals surface area contributed by atoms with Crippen LogP contribution in [0.2, 0.25) is 0 Å². The van der Waals surface area contributed by atoms with Gasteiger partial charge < -0.3 is 43.8 Å². The molecule has 1 aliphatic heterocycles. The van der Waals surface area contributed by atoms with Gasteiger partial charge in [-0.25, -0.2) is 14.4 Å². The fourth-order valence-corrected chi connectivity index (χ4v) is 4.42. The van der Waals surface area contributed by atoms with E-state index in [1.54, 1.807) is 4.90 Å². The maximum absolute atomic E-state index is 12.7. The second kappa shape index (κ2) is 24.8. The molecule has 18 heteroatoms. The molecule has 0 aliphatic carbocycles. The largest absolute Gasteiger partial charge is 0.463 e. The van der Waals surface area contributed by atoms with E-state index >= 15 is 0 Å². The van der Waals surface area contributed by atoms with E-state index in [-0.39, 0.29) is 97.5 Å². The Hall–Kier alpha value is -2.61. The number of rotatable bonds is 24. The van der Waals surface area contributed by atoms with Crippen LogP contribution in [0.25, 0.3) is 0 Å². The van der Waals surface area contributed by atoms with Gasteiger partial charge in [-0.2, -0.15) is 0 Å². The number of carbonyl (C=O) groups excluding carboxylic acids is 5. The van der Waals surface area contributed by atoms with Crippen LogP contribution in [-0.4, -0.2) is 162 Å². The first kappa shape index (κ1) is 38.4. The number of carbonyl (C=O) groups is 5. The lowest BCUT2D eigenvalue weighted by Gasteiger charge is -2.24. The van der Waals surface area contributed by atoms with E-state index < -0.39 is 18.0 Å². The van der Waals surface area contributed by atoms with Gasteiger partial charge in [0.05, 0.1) is 53.3 Å². The van der Waals surface area contributed by atoms with E-state index in [4.69, 9.17) is 40.6 Å². The van der Waals surface area contributed by atoms with Gasteiger partial charge in [-0.05, 0) is 0 Å². The van der Waals surface area contributed by atoms with Gasteiger partial charge in [0.1, 0.15) is 30.7 Å². The van der Waals surface area contributed by atoms with E-state index in [1.807, 2.05) is 0 Å². The van der Waals surface area contributed by atoms with Crippen molar-refractivity contribution in [3.8, 4) is 0 Å². The third kappa shape index (κ3) is 20.9. The Morgan fingerprint density at radius 3 is 1.84 bits per heavy atom. The number of hydrogen-bond acceptors (Lipinski definition) is 15. The molecule has 0 radical (unpaired) electrons. The van der Waals surface area contributed by atoms with Crippen molar-refractivity contribution in [2.75, 3.05) is 118 Å². The number of alkyl carbamates (subject to hydrolysis) is 1. The lowest BCUT2D eigenvalue weighted by molar-refractivity contribution is -0.150. The van der Waals surface area contributed by atoms with Gasteiger partial charge in [-0.1, -0.05) is 24.0 Å². The number of hydrogen-bond donors (Lipinski definition) is 2. The summed E-state index contributed by atoms with van der Waals surface area (Å²) in [6.45, 7) is 3.89. The highest BCUT2D eigenvalue weighted by molar-refractivity contribution is 8.23. The quantitative estimate of drug-likeness (QED) is 0.0548. The Balaban J connectivity index is 2.28. The van der Waals surface area contributed by atoms with Crippen LogP contribution in [0.5, 0.6) is 0 Å². The van der Waals surface area contributed by atoms with Crippen molar-refractivity contribution in [2.45, 2.75) is 6.92 Å². The summed E-state index contributed by atoms with van der Waals surface area (Å²) in [6, 6.07) is 0. The molecule has 1 aliphatic rings. The summed E-state index contributed by atoms with van der Waals surface area (Å²) in [6.07, 6.45) is -0.550. The number of thioether (sulfide) groups is 1. The number of nitrogens with one attached hydrogen (secondary N) is 2. The minimum Gasteiger partial charge on any atom is -0.463 e. The Bertz CT molecular complexity index is 883. The van der Waals surface area contributed by atoms with Gasteiger partial charge in [0.25, 0.3) is 0 Å². The predicted octanol–water partition coefficient (Wildman–Crippen LogP) is -1.21. The summed E-state index contributed by atoms with van der Waals surface area (Å²) in [4.78, 5) is 61.6. The molecule has 0 saturated carbocycles. The molecule has 3 amide bonds. The molecule has 246 valence electrons. The molecular weight excluding hydrogens is 612 g/mol. The molecule has 1 saturated heterocycles. The molecule has 0 aromatic carbocycles. The average Bonchev–Trinajstić information content (AvgIpc) is 3.41. The molecule has 16 nitrogen and oxygen atoms in total. The zero-order valence-corrected chi connectivity index (χ0v) is 26.3. The van der Waals surface area contributed by atoms with Crippen molar-refractivity contribution in [1.82, 2.24) is 20.4 Å². The van der Waals surface area contributed by atoms with Crippen LogP contribution in [0.4, 0.5) is 4.79 Å². The zero-order chi connectivity index (χ0) is 31.7. The molecule has 0 atom stereocenters. The van der Waals surface area contributed by atoms with Gasteiger partial charge in [0, 0.05) is 45.4 Å². The topological polar surface area (TPSA) is 181 Å². The first-order chi connectivity index (χ1) is 20.7. The summed E-state index contributed by atoms with van der Waals surface area (Å²) in [5.41, 5.74) is 0. The number of amides is 3. The van der Waals surface area contributed by atoms with Crippen LogP contribution in [0.1, 0.15) is 6.92 Å².